The molecule has 0 radical (unpaired) electrons. The third kappa shape index (κ3) is 1.77. The zero-order valence-corrected chi connectivity index (χ0v) is 8.08. The summed E-state index contributed by atoms with van der Waals surface area (Å²) in [6.45, 7) is 3.77. The van der Waals surface area contributed by atoms with Crippen LogP contribution in [0.5, 0.6) is 0 Å². The van der Waals surface area contributed by atoms with Crippen molar-refractivity contribution in [3.8, 4) is 0 Å². The normalized spacial score (nSPS) is 26.4. The summed E-state index contributed by atoms with van der Waals surface area (Å²) in [6, 6.07) is 0. The van der Waals surface area contributed by atoms with Gasteiger partial charge in [-0.1, -0.05) is 6.92 Å². The summed E-state index contributed by atoms with van der Waals surface area (Å²) >= 11 is 0. The molecule has 1 aliphatic rings. The van der Waals surface area contributed by atoms with Crippen molar-refractivity contribution < 1.29 is 4.79 Å². The molecule has 3 N–H and O–H groups in total. The van der Waals surface area contributed by atoms with E-state index < -0.39 is 0 Å². The quantitative estimate of drug-likeness (QED) is 0.630. The van der Waals surface area contributed by atoms with Crippen LogP contribution in [0.2, 0.25) is 0 Å². The van der Waals surface area contributed by atoms with Crippen LogP contribution in [-0.4, -0.2) is 29.2 Å². The van der Waals surface area contributed by atoms with Crippen LogP contribution >= 0.6 is 0 Å². The molecule has 0 aromatic carbocycles. The van der Waals surface area contributed by atoms with E-state index >= 15 is 0 Å². The minimum absolute atomic E-state index is 0.0731. The van der Waals surface area contributed by atoms with E-state index in [2.05, 4.69) is 27.8 Å². The van der Waals surface area contributed by atoms with Crippen molar-refractivity contribution in [2.75, 3.05) is 18.4 Å². The van der Waals surface area contributed by atoms with Gasteiger partial charge in [0.15, 0.2) is 0 Å². The summed E-state index contributed by atoms with van der Waals surface area (Å²) < 4.78 is 0. The van der Waals surface area contributed by atoms with Gasteiger partial charge in [-0.05, 0) is 12.5 Å². The number of rotatable bonds is 2. The molecular weight excluding hydrogens is 180 g/mol. The number of amides is 1. The van der Waals surface area contributed by atoms with Gasteiger partial charge in [-0.2, -0.15) is 5.10 Å². The molecule has 0 saturated carbocycles. The second kappa shape index (κ2) is 3.79. The van der Waals surface area contributed by atoms with Crippen molar-refractivity contribution >= 4 is 11.6 Å². The van der Waals surface area contributed by atoms with E-state index in [1.807, 2.05) is 0 Å². The molecule has 2 rings (SSSR count). The van der Waals surface area contributed by atoms with Gasteiger partial charge >= 0.3 is 0 Å². The number of nitrogens with one attached hydrogen (secondary N) is 3. The van der Waals surface area contributed by atoms with E-state index in [4.69, 9.17) is 0 Å². The van der Waals surface area contributed by atoms with Gasteiger partial charge in [0.1, 0.15) is 0 Å². The third-order valence-corrected chi connectivity index (χ3v) is 2.62. The minimum Gasteiger partial charge on any atom is -0.323 e. The Bertz CT molecular complexity index is 309. The first-order valence-corrected chi connectivity index (χ1v) is 4.77. The van der Waals surface area contributed by atoms with Crippen LogP contribution in [0.4, 0.5) is 5.69 Å². The number of carbonyl (C=O) groups excluding carboxylic acids is 1. The highest BCUT2D eigenvalue weighted by Gasteiger charge is 2.29. The topological polar surface area (TPSA) is 69.8 Å². The number of hydrogen-bond acceptors (Lipinski definition) is 3. The van der Waals surface area contributed by atoms with Gasteiger partial charge in [0.05, 0.1) is 17.8 Å². The predicted octanol–water partition coefficient (Wildman–Crippen LogP) is 0.204. The molecule has 76 valence electrons. The van der Waals surface area contributed by atoms with Gasteiger partial charge < -0.3 is 10.6 Å². The number of aromatic amines is 1. The molecule has 0 aliphatic carbocycles. The van der Waals surface area contributed by atoms with Crippen molar-refractivity contribution in [1.82, 2.24) is 15.5 Å². The van der Waals surface area contributed by atoms with Crippen LogP contribution in [0.25, 0.3) is 0 Å². The van der Waals surface area contributed by atoms with Crippen LogP contribution in [-0.2, 0) is 4.79 Å². The fourth-order valence-electron chi connectivity index (χ4n) is 1.72. The lowest BCUT2D eigenvalue weighted by Gasteiger charge is -2.12. The van der Waals surface area contributed by atoms with Crippen molar-refractivity contribution in [2.45, 2.75) is 6.92 Å². The first-order valence-electron chi connectivity index (χ1n) is 4.77. The number of anilines is 1. The SMILES string of the molecule is CC1CNCC1C(=O)Nc1cn[nH]c1. The van der Waals surface area contributed by atoms with Crippen LogP contribution in [0, 0.1) is 11.8 Å². The molecule has 1 saturated heterocycles. The maximum atomic E-state index is 11.7. The second-order valence-corrected chi connectivity index (χ2v) is 3.72. The van der Waals surface area contributed by atoms with E-state index in [1.54, 1.807) is 12.4 Å². The fraction of sp³-hybridized carbons (Fsp3) is 0.556. The Morgan fingerprint density at radius 3 is 3.07 bits per heavy atom. The highest BCUT2D eigenvalue weighted by atomic mass is 16.2. The first-order chi connectivity index (χ1) is 6.77. The Labute approximate surface area is 82.3 Å². The molecule has 2 atom stereocenters. The number of H-pyrrole nitrogens is 1. The van der Waals surface area contributed by atoms with E-state index in [1.165, 1.54) is 0 Å². The van der Waals surface area contributed by atoms with Gasteiger partial charge in [-0.15, -0.1) is 0 Å². The summed E-state index contributed by atoms with van der Waals surface area (Å²) in [5, 5.41) is 12.4. The maximum absolute atomic E-state index is 11.7. The molecule has 1 fully saturated rings. The lowest BCUT2D eigenvalue weighted by Crippen LogP contribution is -2.27. The number of aromatic nitrogens is 2. The number of nitrogens with zero attached hydrogens (tertiary/aromatic N) is 1. The summed E-state index contributed by atoms with van der Waals surface area (Å²) in [6.07, 6.45) is 3.27. The Balaban J connectivity index is 1.95. The molecule has 5 nitrogen and oxygen atoms in total. The predicted molar refractivity (Wildman–Crippen MR) is 52.7 cm³/mol. The average molecular weight is 194 g/mol. The van der Waals surface area contributed by atoms with Crippen molar-refractivity contribution in [1.29, 1.82) is 0 Å². The zero-order chi connectivity index (χ0) is 9.97. The van der Waals surface area contributed by atoms with E-state index in [0.29, 0.717) is 5.92 Å². The largest absolute Gasteiger partial charge is 0.323 e. The second-order valence-electron chi connectivity index (χ2n) is 3.72. The van der Waals surface area contributed by atoms with Gasteiger partial charge in [0.2, 0.25) is 5.91 Å². The Morgan fingerprint density at radius 2 is 2.50 bits per heavy atom. The van der Waals surface area contributed by atoms with Gasteiger partial charge in [0, 0.05) is 12.7 Å². The molecule has 1 amide bonds. The highest BCUT2D eigenvalue weighted by Crippen LogP contribution is 2.17. The summed E-state index contributed by atoms with van der Waals surface area (Å²) in [5.41, 5.74) is 0.731. The lowest BCUT2D eigenvalue weighted by atomic mass is 9.97. The molecule has 1 aromatic rings. The summed E-state index contributed by atoms with van der Waals surface area (Å²) in [7, 11) is 0. The lowest BCUT2D eigenvalue weighted by molar-refractivity contribution is -0.120. The van der Waals surface area contributed by atoms with Crippen molar-refractivity contribution in [3.63, 3.8) is 0 Å². The van der Waals surface area contributed by atoms with Gasteiger partial charge in [0.25, 0.3) is 0 Å². The average Bonchev–Trinajstić information content (AvgIpc) is 2.75. The molecule has 5 heteroatoms. The van der Waals surface area contributed by atoms with E-state index in [-0.39, 0.29) is 11.8 Å². The van der Waals surface area contributed by atoms with Crippen molar-refractivity contribution in [3.05, 3.63) is 12.4 Å². The molecule has 2 unspecified atom stereocenters. The van der Waals surface area contributed by atoms with Crippen LogP contribution in [0.15, 0.2) is 12.4 Å². The monoisotopic (exact) mass is 194 g/mol. The van der Waals surface area contributed by atoms with E-state index in [0.717, 1.165) is 18.8 Å². The maximum Gasteiger partial charge on any atom is 0.229 e. The third-order valence-electron chi connectivity index (χ3n) is 2.62. The Kier molecular flexibility index (Phi) is 2.49. The molecular formula is C9H14N4O. The highest BCUT2D eigenvalue weighted by molar-refractivity contribution is 5.92. The first kappa shape index (κ1) is 9.21. The van der Waals surface area contributed by atoms with Gasteiger partial charge in [-0.3, -0.25) is 9.89 Å². The van der Waals surface area contributed by atoms with Crippen molar-refractivity contribution in [2.24, 2.45) is 11.8 Å². The smallest absolute Gasteiger partial charge is 0.229 e. The standard InChI is InChI=1S/C9H14N4O/c1-6-2-10-5-8(6)9(14)13-7-3-11-12-4-7/h3-4,6,8,10H,2,5H2,1H3,(H,11,12)(H,13,14). The Morgan fingerprint density at radius 1 is 1.64 bits per heavy atom. The van der Waals surface area contributed by atoms with Gasteiger partial charge in [-0.25, -0.2) is 0 Å². The number of carbonyl (C=O) groups is 1. The minimum atomic E-state index is 0.0731. The van der Waals surface area contributed by atoms with Crippen LogP contribution in [0.1, 0.15) is 6.92 Å². The zero-order valence-electron chi connectivity index (χ0n) is 8.08. The molecule has 2 heterocycles. The summed E-state index contributed by atoms with van der Waals surface area (Å²) in [4.78, 5) is 11.7. The molecule has 0 spiro atoms. The van der Waals surface area contributed by atoms with Crippen LogP contribution < -0.4 is 10.6 Å². The Hall–Kier alpha value is -1.36. The number of hydrogen-bond donors (Lipinski definition) is 3. The molecule has 0 bridgehead atoms. The molecule has 1 aromatic heterocycles. The molecule has 14 heavy (non-hydrogen) atoms. The van der Waals surface area contributed by atoms with Crippen LogP contribution in [0.3, 0.4) is 0 Å². The summed E-state index contributed by atoms with van der Waals surface area (Å²) in [5.74, 6) is 0.552. The van der Waals surface area contributed by atoms with E-state index in [9.17, 15) is 4.79 Å². The fourth-order valence-corrected chi connectivity index (χ4v) is 1.72. The molecule has 1 aliphatic heterocycles.